The molecule has 0 radical (unpaired) electrons. The number of benzene rings is 2. The largest absolute Gasteiger partial charge is 0.496 e. The Morgan fingerprint density at radius 3 is 2.74 bits per heavy atom. The number of aromatic nitrogens is 2. The molecule has 0 fully saturated rings. The van der Waals surface area contributed by atoms with Crippen molar-refractivity contribution in [3.05, 3.63) is 59.9 Å². The number of nitrogens with zero attached hydrogens (tertiary/aromatic N) is 3. The standard InChI is InChI=1S/C19H21N3O/c1-14-8-9-17-16(12-14)19(21-13-20-17)22(2)11-10-15-6-4-5-7-18(15)23-3/h4-9,12-13H,10-11H2,1-3H3. The first-order valence-corrected chi connectivity index (χ1v) is 7.73. The number of ether oxygens (including phenoxy) is 1. The molecular formula is C19H21N3O. The van der Waals surface area contributed by atoms with Gasteiger partial charge in [0.15, 0.2) is 0 Å². The Morgan fingerprint density at radius 1 is 1.09 bits per heavy atom. The van der Waals surface area contributed by atoms with Crippen LogP contribution in [0.2, 0.25) is 0 Å². The third-order valence-corrected chi connectivity index (χ3v) is 4.04. The number of likely N-dealkylation sites (N-methyl/N-ethyl adjacent to an activating group) is 1. The molecule has 3 rings (SSSR count). The van der Waals surface area contributed by atoms with E-state index in [1.54, 1.807) is 13.4 Å². The molecule has 0 aliphatic carbocycles. The topological polar surface area (TPSA) is 38.2 Å². The van der Waals surface area contributed by atoms with E-state index in [-0.39, 0.29) is 0 Å². The summed E-state index contributed by atoms with van der Waals surface area (Å²) < 4.78 is 5.43. The highest BCUT2D eigenvalue weighted by atomic mass is 16.5. The fraction of sp³-hybridized carbons (Fsp3) is 0.263. The predicted octanol–water partition coefficient (Wildman–Crippen LogP) is 3.63. The highest BCUT2D eigenvalue weighted by Crippen LogP contribution is 2.24. The van der Waals surface area contributed by atoms with Crippen LogP contribution in [0.4, 0.5) is 5.82 Å². The highest BCUT2D eigenvalue weighted by molar-refractivity contribution is 5.89. The summed E-state index contributed by atoms with van der Waals surface area (Å²) in [5.41, 5.74) is 3.40. The van der Waals surface area contributed by atoms with Gasteiger partial charge in [0, 0.05) is 19.0 Å². The van der Waals surface area contributed by atoms with Gasteiger partial charge in [0.25, 0.3) is 0 Å². The summed E-state index contributed by atoms with van der Waals surface area (Å²) in [7, 11) is 3.78. The molecule has 2 aromatic carbocycles. The Hall–Kier alpha value is -2.62. The second-order valence-electron chi connectivity index (χ2n) is 5.70. The molecule has 1 aromatic heterocycles. The van der Waals surface area contributed by atoms with E-state index in [9.17, 15) is 0 Å². The Morgan fingerprint density at radius 2 is 1.91 bits per heavy atom. The average molecular weight is 307 g/mol. The third-order valence-electron chi connectivity index (χ3n) is 4.04. The van der Waals surface area contributed by atoms with Gasteiger partial charge in [0.2, 0.25) is 0 Å². The monoisotopic (exact) mass is 307 g/mol. The zero-order chi connectivity index (χ0) is 16.2. The molecule has 0 amide bonds. The molecule has 4 heteroatoms. The van der Waals surface area contributed by atoms with Crippen LogP contribution in [0, 0.1) is 6.92 Å². The number of aryl methyl sites for hydroxylation is 1. The van der Waals surface area contributed by atoms with Crippen LogP contribution in [0.3, 0.4) is 0 Å². The lowest BCUT2D eigenvalue weighted by Crippen LogP contribution is -2.22. The second kappa shape index (κ2) is 6.65. The Balaban J connectivity index is 1.83. The molecule has 0 aliphatic rings. The summed E-state index contributed by atoms with van der Waals surface area (Å²) in [6.45, 7) is 2.95. The summed E-state index contributed by atoms with van der Waals surface area (Å²) in [4.78, 5) is 11.0. The number of hydrogen-bond acceptors (Lipinski definition) is 4. The lowest BCUT2D eigenvalue weighted by molar-refractivity contribution is 0.409. The van der Waals surface area contributed by atoms with Crippen LogP contribution in [0.5, 0.6) is 5.75 Å². The van der Waals surface area contributed by atoms with Crippen molar-refractivity contribution in [3.63, 3.8) is 0 Å². The normalized spacial score (nSPS) is 10.7. The number of methoxy groups -OCH3 is 1. The molecule has 23 heavy (non-hydrogen) atoms. The van der Waals surface area contributed by atoms with Crippen molar-refractivity contribution in [2.24, 2.45) is 0 Å². The first kappa shape index (κ1) is 15.3. The van der Waals surface area contributed by atoms with Gasteiger partial charge in [-0.2, -0.15) is 0 Å². The smallest absolute Gasteiger partial charge is 0.139 e. The quantitative estimate of drug-likeness (QED) is 0.721. The van der Waals surface area contributed by atoms with Crippen LogP contribution >= 0.6 is 0 Å². The van der Waals surface area contributed by atoms with Crippen LogP contribution in [0.15, 0.2) is 48.8 Å². The summed E-state index contributed by atoms with van der Waals surface area (Å²) in [5, 5.41) is 1.09. The summed E-state index contributed by atoms with van der Waals surface area (Å²) in [6, 6.07) is 14.4. The van der Waals surface area contributed by atoms with Crippen molar-refractivity contribution in [2.75, 3.05) is 25.6 Å². The molecular weight excluding hydrogens is 286 g/mol. The molecule has 0 aliphatic heterocycles. The number of rotatable bonds is 5. The van der Waals surface area contributed by atoms with E-state index in [4.69, 9.17) is 4.74 Å². The molecule has 0 bridgehead atoms. The van der Waals surface area contributed by atoms with Crippen molar-refractivity contribution in [1.82, 2.24) is 9.97 Å². The Bertz CT molecular complexity index is 817. The first-order chi connectivity index (χ1) is 11.2. The van der Waals surface area contributed by atoms with Crippen LogP contribution in [0.1, 0.15) is 11.1 Å². The van der Waals surface area contributed by atoms with E-state index in [0.29, 0.717) is 0 Å². The van der Waals surface area contributed by atoms with Gasteiger partial charge >= 0.3 is 0 Å². The molecule has 0 spiro atoms. The van der Waals surface area contributed by atoms with Gasteiger partial charge < -0.3 is 9.64 Å². The predicted molar refractivity (Wildman–Crippen MR) is 94.2 cm³/mol. The minimum atomic E-state index is 0.862. The Labute approximate surface area is 136 Å². The SMILES string of the molecule is COc1ccccc1CCN(C)c1ncnc2ccc(C)cc12. The Kier molecular flexibility index (Phi) is 4.42. The first-order valence-electron chi connectivity index (χ1n) is 7.73. The number of anilines is 1. The van der Waals surface area contributed by atoms with Gasteiger partial charge in [-0.3, -0.25) is 0 Å². The molecule has 118 valence electrons. The minimum Gasteiger partial charge on any atom is -0.496 e. The number of fused-ring (bicyclic) bond motifs is 1. The maximum Gasteiger partial charge on any atom is 0.139 e. The molecule has 0 saturated heterocycles. The van der Waals surface area contributed by atoms with Crippen molar-refractivity contribution in [1.29, 1.82) is 0 Å². The average Bonchev–Trinajstić information content (AvgIpc) is 2.59. The maximum absolute atomic E-state index is 5.43. The van der Waals surface area contributed by atoms with Crippen LogP contribution in [-0.4, -0.2) is 30.7 Å². The summed E-state index contributed by atoms with van der Waals surface area (Å²) in [6.07, 6.45) is 2.53. The number of para-hydroxylation sites is 1. The molecule has 0 N–H and O–H groups in total. The third kappa shape index (κ3) is 3.26. The van der Waals surface area contributed by atoms with E-state index in [1.165, 1.54) is 11.1 Å². The molecule has 0 atom stereocenters. The van der Waals surface area contributed by atoms with Gasteiger partial charge in [-0.25, -0.2) is 9.97 Å². The van der Waals surface area contributed by atoms with Crippen LogP contribution in [-0.2, 0) is 6.42 Å². The summed E-state index contributed by atoms with van der Waals surface area (Å²) in [5.74, 6) is 1.90. The van der Waals surface area contributed by atoms with Crippen molar-refractivity contribution < 1.29 is 4.74 Å². The van der Waals surface area contributed by atoms with Crippen LogP contribution < -0.4 is 9.64 Å². The molecule has 1 heterocycles. The molecule has 4 nitrogen and oxygen atoms in total. The van der Waals surface area contributed by atoms with Crippen molar-refractivity contribution in [3.8, 4) is 5.75 Å². The maximum atomic E-state index is 5.43. The van der Waals surface area contributed by atoms with Gasteiger partial charge in [0.1, 0.15) is 17.9 Å². The zero-order valence-corrected chi connectivity index (χ0v) is 13.8. The van der Waals surface area contributed by atoms with E-state index in [0.717, 1.165) is 35.4 Å². The summed E-state index contributed by atoms with van der Waals surface area (Å²) >= 11 is 0. The fourth-order valence-corrected chi connectivity index (χ4v) is 2.76. The van der Waals surface area contributed by atoms with Gasteiger partial charge in [0.05, 0.1) is 12.6 Å². The van der Waals surface area contributed by atoms with E-state index in [1.807, 2.05) is 24.3 Å². The van der Waals surface area contributed by atoms with Gasteiger partial charge in [-0.05, 0) is 37.1 Å². The lowest BCUT2D eigenvalue weighted by Gasteiger charge is -2.20. The zero-order valence-electron chi connectivity index (χ0n) is 13.8. The van der Waals surface area contributed by atoms with E-state index in [2.05, 4.69) is 47.0 Å². The molecule has 0 unspecified atom stereocenters. The van der Waals surface area contributed by atoms with Crippen LogP contribution in [0.25, 0.3) is 10.9 Å². The van der Waals surface area contributed by atoms with Crippen molar-refractivity contribution >= 4 is 16.7 Å². The number of hydrogen-bond donors (Lipinski definition) is 0. The molecule has 0 saturated carbocycles. The van der Waals surface area contributed by atoms with Gasteiger partial charge in [-0.15, -0.1) is 0 Å². The fourth-order valence-electron chi connectivity index (χ4n) is 2.76. The van der Waals surface area contributed by atoms with Gasteiger partial charge in [-0.1, -0.05) is 29.8 Å². The van der Waals surface area contributed by atoms with E-state index >= 15 is 0 Å². The van der Waals surface area contributed by atoms with E-state index < -0.39 is 0 Å². The lowest BCUT2D eigenvalue weighted by atomic mass is 10.1. The second-order valence-corrected chi connectivity index (χ2v) is 5.70. The molecule has 3 aromatic rings. The minimum absolute atomic E-state index is 0.862. The van der Waals surface area contributed by atoms with Crippen molar-refractivity contribution in [2.45, 2.75) is 13.3 Å². The highest BCUT2D eigenvalue weighted by Gasteiger charge is 2.10.